The lowest BCUT2D eigenvalue weighted by Crippen LogP contribution is -2.09. The Hall–Kier alpha value is -2.04. The molecule has 0 fully saturated rings. The van der Waals surface area contributed by atoms with Crippen LogP contribution in [0.2, 0.25) is 10.0 Å². The highest BCUT2D eigenvalue weighted by Crippen LogP contribution is 2.32. The third-order valence-corrected chi connectivity index (χ3v) is 3.29. The van der Waals surface area contributed by atoms with Gasteiger partial charge in [0.2, 0.25) is 5.91 Å². The second-order valence-electron chi connectivity index (χ2n) is 4.31. The Labute approximate surface area is 137 Å². The SMILES string of the molecule is COc1c(Cl)cc(Cl)cc1C=CC(=O)Nc1ccccc1F. The zero-order valence-electron chi connectivity index (χ0n) is 11.6. The Morgan fingerprint density at radius 3 is 2.68 bits per heavy atom. The minimum Gasteiger partial charge on any atom is -0.495 e. The highest BCUT2D eigenvalue weighted by atomic mass is 35.5. The largest absolute Gasteiger partial charge is 0.495 e. The number of benzene rings is 2. The summed E-state index contributed by atoms with van der Waals surface area (Å²) in [5.74, 6) is -0.586. The molecule has 0 aromatic heterocycles. The van der Waals surface area contributed by atoms with Crippen LogP contribution in [0.3, 0.4) is 0 Å². The van der Waals surface area contributed by atoms with Gasteiger partial charge in [0.05, 0.1) is 17.8 Å². The molecule has 0 saturated carbocycles. The number of ether oxygens (including phenoxy) is 1. The molecule has 6 heteroatoms. The standard InChI is InChI=1S/C16H12Cl2FNO2/c1-22-16-10(8-11(17)9-12(16)18)6-7-15(21)20-14-5-3-2-4-13(14)19/h2-9H,1H3,(H,20,21). The molecule has 114 valence electrons. The predicted molar refractivity (Wildman–Crippen MR) is 87.1 cm³/mol. The first kappa shape index (κ1) is 16.3. The van der Waals surface area contributed by atoms with Gasteiger partial charge in [0.25, 0.3) is 0 Å². The van der Waals surface area contributed by atoms with Crippen LogP contribution in [0.5, 0.6) is 5.75 Å². The first-order valence-corrected chi connectivity index (χ1v) is 7.03. The van der Waals surface area contributed by atoms with Gasteiger partial charge in [-0.1, -0.05) is 35.3 Å². The number of carbonyl (C=O) groups excluding carboxylic acids is 1. The molecule has 2 aromatic carbocycles. The molecule has 0 aliphatic carbocycles. The van der Waals surface area contributed by atoms with Crippen LogP contribution in [0, 0.1) is 5.82 Å². The van der Waals surface area contributed by atoms with Gasteiger partial charge in [-0.05, 0) is 30.3 Å². The van der Waals surface area contributed by atoms with E-state index < -0.39 is 11.7 Å². The Balaban J connectivity index is 2.18. The number of anilines is 1. The second-order valence-corrected chi connectivity index (χ2v) is 5.16. The Morgan fingerprint density at radius 2 is 2.00 bits per heavy atom. The number of carbonyl (C=O) groups is 1. The molecule has 1 amide bonds. The van der Waals surface area contributed by atoms with E-state index in [2.05, 4.69) is 5.32 Å². The fourth-order valence-electron chi connectivity index (χ4n) is 1.82. The van der Waals surface area contributed by atoms with Crippen LogP contribution in [0.25, 0.3) is 6.08 Å². The zero-order valence-corrected chi connectivity index (χ0v) is 13.1. The van der Waals surface area contributed by atoms with E-state index in [0.717, 1.165) is 0 Å². The zero-order chi connectivity index (χ0) is 16.1. The molecular weight excluding hydrogens is 328 g/mol. The van der Waals surface area contributed by atoms with Crippen LogP contribution in [-0.2, 0) is 4.79 Å². The van der Waals surface area contributed by atoms with Crippen LogP contribution in [0.4, 0.5) is 10.1 Å². The molecule has 0 heterocycles. The minimum atomic E-state index is -0.507. The molecule has 0 atom stereocenters. The average molecular weight is 340 g/mol. The summed E-state index contributed by atoms with van der Waals surface area (Å²) in [5, 5.41) is 3.19. The van der Waals surface area contributed by atoms with Gasteiger partial charge >= 0.3 is 0 Å². The highest BCUT2D eigenvalue weighted by Gasteiger charge is 2.08. The van der Waals surface area contributed by atoms with E-state index in [-0.39, 0.29) is 5.69 Å². The van der Waals surface area contributed by atoms with Gasteiger partial charge in [-0.3, -0.25) is 4.79 Å². The fraction of sp³-hybridized carbons (Fsp3) is 0.0625. The van der Waals surface area contributed by atoms with E-state index in [1.54, 1.807) is 24.3 Å². The first-order valence-electron chi connectivity index (χ1n) is 6.28. The Bertz CT molecular complexity index is 732. The maximum absolute atomic E-state index is 13.4. The summed E-state index contributed by atoms with van der Waals surface area (Å²) < 4.78 is 18.6. The van der Waals surface area contributed by atoms with Crippen molar-refractivity contribution in [1.82, 2.24) is 0 Å². The molecule has 3 nitrogen and oxygen atoms in total. The topological polar surface area (TPSA) is 38.3 Å². The Kier molecular flexibility index (Phi) is 5.41. The molecule has 1 N–H and O–H groups in total. The number of hydrogen-bond acceptors (Lipinski definition) is 2. The molecule has 0 saturated heterocycles. The van der Waals surface area contributed by atoms with E-state index in [0.29, 0.717) is 21.4 Å². The fourth-order valence-corrected chi connectivity index (χ4v) is 2.41. The molecule has 2 rings (SSSR count). The average Bonchev–Trinajstić information content (AvgIpc) is 2.47. The summed E-state index contributed by atoms with van der Waals surface area (Å²) in [4.78, 5) is 11.8. The lowest BCUT2D eigenvalue weighted by atomic mass is 10.2. The van der Waals surface area contributed by atoms with Crippen molar-refractivity contribution in [2.24, 2.45) is 0 Å². The number of amides is 1. The number of nitrogens with one attached hydrogen (secondary N) is 1. The number of rotatable bonds is 4. The van der Waals surface area contributed by atoms with Gasteiger partial charge < -0.3 is 10.1 Å². The van der Waals surface area contributed by atoms with E-state index in [4.69, 9.17) is 27.9 Å². The molecule has 0 bridgehead atoms. The van der Waals surface area contributed by atoms with Crippen LogP contribution in [0.15, 0.2) is 42.5 Å². The van der Waals surface area contributed by atoms with Gasteiger partial charge in [-0.2, -0.15) is 0 Å². The van der Waals surface area contributed by atoms with E-state index in [1.807, 2.05) is 0 Å². The van der Waals surface area contributed by atoms with Crippen molar-refractivity contribution in [3.8, 4) is 5.75 Å². The molecule has 2 aromatic rings. The van der Waals surface area contributed by atoms with Crippen LogP contribution in [0.1, 0.15) is 5.56 Å². The summed E-state index contributed by atoms with van der Waals surface area (Å²) in [6.45, 7) is 0. The normalized spacial score (nSPS) is 10.7. The van der Waals surface area contributed by atoms with Crippen molar-refractivity contribution >= 4 is 40.9 Å². The quantitative estimate of drug-likeness (QED) is 0.813. The van der Waals surface area contributed by atoms with E-state index in [1.165, 1.54) is 31.4 Å². The number of para-hydroxylation sites is 1. The lowest BCUT2D eigenvalue weighted by Gasteiger charge is -2.08. The second kappa shape index (κ2) is 7.29. The molecule has 0 radical (unpaired) electrons. The maximum Gasteiger partial charge on any atom is 0.248 e. The van der Waals surface area contributed by atoms with E-state index >= 15 is 0 Å². The summed E-state index contributed by atoms with van der Waals surface area (Å²) in [6.07, 6.45) is 2.74. The Morgan fingerprint density at radius 1 is 1.27 bits per heavy atom. The van der Waals surface area contributed by atoms with Gasteiger partial charge in [0.1, 0.15) is 11.6 Å². The van der Waals surface area contributed by atoms with Crippen molar-refractivity contribution < 1.29 is 13.9 Å². The minimum absolute atomic E-state index is 0.105. The molecule has 22 heavy (non-hydrogen) atoms. The number of halogens is 3. The number of methoxy groups -OCH3 is 1. The molecule has 0 aliphatic heterocycles. The molecule has 0 spiro atoms. The first-order chi connectivity index (χ1) is 10.5. The molecule has 0 unspecified atom stereocenters. The summed E-state index contributed by atoms with van der Waals surface area (Å²) in [6, 6.07) is 9.05. The third kappa shape index (κ3) is 4.00. The van der Waals surface area contributed by atoms with Crippen molar-refractivity contribution in [2.75, 3.05) is 12.4 Å². The van der Waals surface area contributed by atoms with Gasteiger partial charge in [0.15, 0.2) is 0 Å². The highest BCUT2D eigenvalue weighted by molar-refractivity contribution is 6.36. The monoisotopic (exact) mass is 339 g/mol. The predicted octanol–water partition coefficient (Wildman–Crippen LogP) is 4.79. The van der Waals surface area contributed by atoms with Crippen molar-refractivity contribution in [3.63, 3.8) is 0 Å². The van der Waals surface area contributed by atoms with Crippen LogP contribution >= 0.6 is 23.2 Å². The van der Waals surface area contributed by atoms with Crippen molar-refractivity contribution in [2.45, 2.75) is 0 Å². The van der Waals surface area contributed by atoms with Crippen molar-refractivity contribution in [1.29, 1.82) is 0 Å². The smallest absolute Gasteiger partial charge is 0.248 e. The van der Waals surface area contributed by atoms with Crippen LogP contribution < -0.4 is 10.1 Å². The van der Waals surface area contributed by atoms with Gasteiger partial charge in [0, 0.05) is 16.7 Å². The van der Waals surface area contributed by atoms with Gasteiger partial charge in [-0.25, -0.2) is 4.39 Å². The molecule has 0 aliphatic rings. The lowest BCUT2D eigenvalue weighted by molar-refractivity contribution is -0.111. The number of hydrogen-bond donors (Lipinski definition) is 1. The van der Waals surface area contributed by atoms with E-state index in [9.17, 15) is 9.18 Å². The maximum atomic E-state index is 13.4. The van der Waals surface area contributed by atoms with Crippen molar-refractivity contribution in [3.05, 3.63) is 63.9 Å². The molecular formula is C16H12Cl2FNO2. The summed E-state index contributed by atoms with van der Waals surface area (Å²) >= 11 is 11.9. The third-order valence-electron chi connectivity index (χ3n) is 2.79. The van der Waals surface area contributed by atoms with Gasteiger partial charge in [-0.15, -0.1) is 0 Å². The summed E-state index contributed by atoms with van der Waals surface area (Å²) in [5.41, 5.74) is 0.650. The van der Waals surface area contributed by atoms with Crippen LogP contribution in [-0.4, -0.2) is 13.0 Å². The summed E-state index contributed by atoms with van der Waals surface area (Å²) in [7, 11) is 1.46.